The SMILES string of the molecule is Cc1ccc(C)c(-c2csc(-c3cn[nH]c3N)n2)c1. The highest BCUT2D eigenvalue weighted by Crippen LogP contribution is 2.32. The molecule has 2 aromatic heterocycles. The van der Waals surface area contributed by atoms with Gasteiger partial charge in [-0.05, 0) is 25.5 Å². The van der Waals surface area contributed by atoms with Gasteiger partial charge in [0.2, 0.25) is 0 Å². The fourth-order valence-electron chi connectivity index (χ4n) is 2.00. The van der Waals surface area contributed by atoms with Crippen molar-refractivity contribution >= 4 is 17.2 Å². The minimum absolute atomic E-state index is 0.557. The summed E-state index contributed by atoms with van der Waals surface area (Å²) in [6.45, 7) is 4.18. The maximum atomic E-state index is 5.82. The second-order valence-electron chi connectivity index (χ2n) is 4.55. The first-order valence-corrected chi connectivity index (χ1v) is 6.85. The van der Waals surface area contributed by atoms with E-state index in [0.717, 1.165) is 16.3 Å². The maximum Gasteiger partial charge on any atom is 0.129 e. The third kappa shape index (κ3) is 2.13. The van der Waals surface area contributed by atoms with Crippen LogP contribution in [0.2, 0.25) is 0 Å². The molecule has 0 atom stereocenters. The van der Waals surface area contributed by atoms with Gasteiger partial charge in [-0.2, -0.15) is 5.10 Å². The van der Waals surface area contributed by atoms with Gasteiger partial charge in [-0.3, -0.25) is 5.10 Å². The number of nitrogens with two attached hydrogens (primary N) is 1. The Labute approximate surface area is 115 Å². The number of aryl methyl sites for hydroxylation is 2. The van der Waals surface area contributed by atoms with E-state index in [1.54, 1.807) is 17.5 Å². The highest BCUT2D eigenvalue weighted by atomic mass is 32.1. The highest BCUT2D eigenvalue weighted by molar-refractivity contribution is 7.13. The maximum absolute atomic E-state index is 5.82. The van der Waals surface area contributed by atoms with Crippen molar-refractivity contribution in [1.82, 2.24) is 15.2 Å². The molecule has 0 amide bonds. The average Bonchev–Trinajstić information content (AvgIpc) is 3.00. The topological polar surface area (TPSA) is 67.6 Å². The van der Waals surface area contributed by atoms with Crippen LogP contribution in [0.25, 0.3) is 21.8 Å². The number of aromatic nitrogens is 3. The first-order valence-electron chi connectivity index (χ1n) is 5.97. The molecule has 4 nitrogen and oxygen atoms in total. The summed E-state index contributed by atoms with van der Waals surface area (Å²) in [5, 5.41) is 9.61. The largest absolute Gasteiger partial charge is 0.383 e. The van der Waals surface area contributed by atoms with E-state index in [2.05, 4.69) is 52.6 Å². The van der Waals surface area contributed by atoms with Crippen LogP contribution in [-0.2, 0) is 0 Å². The molecule has 0 bridgehead atoms. The molecule has 0 aliphatic heterocycles. The van der Waals surface area contributed by atoms with Crippen LogP contribution in [0, 0.1) is 13.8 Å². The number of aromatic amines is 1. The second-order valence-corrected chi connectivity index (χ2v) is 5.41. The lowest BCUT2D eigenvalue weighted by molar-refractivity contribution is 1.10. The molecule has 1 aromatic carbocycles. The van der Waals surface area contributed by atoms with Crippen molar-refractivity contribution in [1.29, 1.82) is 0 Å². The minimum Gasteiger partial charge on any atom is -0.383 e. The Morgan fingerprint density at radius 3 is 2.79 bits per heavy atom. The number of anilines is 1. The molecule has 0 spiro atoms. The summed E-state index contributed by atoms with van der Waals surface area (Å²) < 4.78 is 0. The van der Waals surface area contributed by atoms with Gasteiger partial charge in [0.15, 0.2) is 0 Å². The number of H-pyrrole nitrogens is 1. The van der Waals surface area contributed by atoms with Crippen molar-refractivity contribution in [3.05, 3.63) is 40.9 Å². The molecule has 3 N–H and O–H groups in total. The summed E-state index contributed by atoms with van der Waals surface area (Å²) in [6, 6.07) is 6.39. The zero-order valence-electron chi connectivity index (χ0n) is 10.8. The minimum atomic E-state index is 0.557. The Balaban J connectivity index is 2.06. The summed E-state index contributed by atoms with van der Waals surface area (Å²) in [5.41, 5.74) is 11.3. The van der Waals surface area contributed by atoms with E-state index in [4.69, 9.17) is 5.73 Å². The molecule has 0 radical (unpaired) electrons. The van der Waals surface area contributed by atoms with Crippen LogP contribution >= 0.6 is 11.3 Å². The lowest BCUT2D eigenvalue weighted by atomic mass is 10.0. The van der Waals surface area contributed by atoms with Crippen molar-refractivity contribution in [3.8, 4) is 21.8 Å². The van der Waals surface area contributed by atoms with Crippen LogP contribution in [0.4, 0.5) is 5.82 Å². The molecule has 0 unspecified atom stereocenters. The van der Waals surface area contributed by atoms with Crippen molar-refractivity contribution < 1.29 is 0 Å². The molecule has 0 aliphatic rings. The van der Waals surface area contributed by atoms with Gasteiger partial charge in [-0.15, -0.1) is 11.3 Å². The van der Waals surface area contributed by atoms with E-state index in [0.29, 0.717) is 5.82 Å². The summed E-state index contributed by atoms with van der Waals surface area (Å²) >= 11 is 1.58. The first-order chi connectivity index (χ1) is 9.15. The van der Waals surface area contributed by atoms with Gasteiger partial charge in [0, 0.05) is 10.9 Å². The van der Waals surface area contributed by atoms with Crippen molar-refractivity contribution in [2.24, 2.45) is 0 Å². The average molecular weight is 270 g/mol. The fraction of sp³-hybridized carbons (Fsp3) is 0.143. The predicted octanol–water partition coefficient (Wildman–Crippen LogP) is 3.40. The molecule has 0 fully saturated rings. The molecule has 19 heavy (non-hydrogen) atoms. The van der Waals surface area contributed by atoms with E-state index in [1.165, 1.54) is 16.7 Å². The number of nitrogen functional groups attached to an aromatic ring is 1. The number of nitrogens with one attached hydrogen (secondary N) is 1. The molecule has 3 aromatic rings. The third-order valence-corrected chi connectivity index (χ3v) is 3.95. The van der Waals surface area contributed by atoms with Gasteiger partial charge >= 0.3 is 0 Å². The van der Waals surface area contributed by atoms with Crippen LogP contribution in [0.1, 0.15) is 11.1 Å². The molecule has 0 saturated carbocycles. The molecule has 0 saturated heterocycles. The Bertz CT molecular complexity index is 727. The van der Waals surface area contributed by atoms with Gasteiger partial charge in [-0.25, -0.2) is 4.98 Å². The Kier molecular flexibility index (Phi) is 2.83. The van der Waals surface area contributed by atoms with Gasteiger partial charge < -0.3 is 5.73 Å². The molecule has 0 aliphatic carbocycles. The highest BCUT2D eigenvalue weighted by Gasteiger charge is 2.12. The molecule has 5 heteroatoms. The Hall–Kier alpha value is -2.14. The summed E-state index contributed by atoms with van der Waals surface area (Å²) in [6.07, 6.45) is 1.71. The number of benzene rings is 1. The lowest BCUT2D eigenvalue weighted by Gasteiger charge is -2.03. The Morgan fingerprint density at radius 2 is 2.05 bits per heavy atom. The second kappa shape index (κ2) is 4.51. The number of hydrogen-bond acceptors (Lipinski definition) is 4. The number of thiazole rings is 1. The van der Waals surface area contributed by atoms with Crippen LogP contribution in [0.15, 0.2) is 29.8 Å². The smallest absolute Gasteiger partial charge is 0.129 e. The van der Waals surface area contributed by atoms with Gasteiger partial charge in [0.05, 0.1) is 17.5 Å². The number of nitrogens with zero attached hydrogens (tertiary/aromatic N) is 2. The molecule has 96 valence electrons. The van der Waals surface area contributed by atoms with Gasteiger partial charge in [0.1, 0.15) is 10.8 Å². The standard InChI is InChI=1S/C14H14N4S/c1-8-3-4-9(2)10(5-8)12-7-19-14(17-12)11-6-16-18-13(11)15/h3-7H,1-2H3,(H3,15,16,18). The molecular formula is C14H14N4S. The van der Waals surface area contributed by atoms with E-state index < -0.39 is 0 Å². The van der Waals surface area contributed by atoms with Crippen LogP contribution in [0.3, 0.4) is 0 Å². The van der Waals surface area contributed by atoms with Crippen molar-refractivity contribution in [2.75, 3.05) is 5.73 Å². The van der Waals surface area contributed by atoms with Gasteiger partial charge in [-0.1, -0.05) is 17.7 Å². The number of rotatable bonds is 2. The van der Waals surface area contributed by atoms with Crippen molar-refractivity contribution in [2.45, 2.75) is 13.8 Å². The third-order valence-electron chi connectivity index (χ3n) is 3.07. The van der Waals surface area contributed by atoms with Crippen LogP contribution < -0.4 is 5.73 Å². The van der Waals surface area contributed by atoms with Crippen molar-refractivity contribution in [3.63, 3.8) is 0 Å². The van der Waals surface area contributed by atoms with Crippen LogP contribution in [0.5, 0.6) is 0 Å². The summed E-state index contributed by atoms with van der Waals surface area (Å²) in [5.74, 6) is 0.557. The quantitative estimate of drug-likeness (QED) is 0.750. The zero-order valence-corrected chi connectivity index (χ0v) is 11.6. The monoisotopic (exact) mass is 270 g/mol. The van der Waals surface area contributed by atoms with Crippen LogP contribution in [-0.4, -0.2) is 15.2 Å². The molecule has 3 rings (SSSR count). The zero-order chi connectivity index (χ0) is 13.4. The van der Waals surface area contributed by atoms with E-state index in [-0.39, 0.29) is 0 Å². The Morgan fingerprint density at radius 1 is 1.21 bits per heavy atom. The first kappa shape index (κ1) is 11.9. The van der Waals surface area contributed by atoms with E-state index in [9.17, 15) is 0 Å². The lowest BCUT2D eigenvalue weighted by Crippen LogP contribution is -1.88. The molecule has 2 heterocycles. The normalized spacial score (nSPS) is 10.8. The predicted molar refractivity (Wildman–Crippen MR) is 79.0 cm³/mol. The fourth-order valence-corrected chi connectivity index (χ4v) is 2.84. The summed E-state index contributed by atoms with van der Waals surface area (Å²) in [4.78, 5) is 4.66. The van der Waals surface area contributed by atoms with E-state index >= 15 is 0 Å². The van der Waals surface area contributed by atoms with E-state index in [1.807, 2.05) is 0 Å². The summed E-state index contributed by atoms with van der Waals surface area (Å²) in [7, 11) is 0. The number of hydrogen-bond donors (Lipinski definition) is 2. The van der Waals surface area contributed by atoms with Gasteiger partial charge in [0.25, 0.3) is 0 Å². The molecular weight excluding hydrogens is 256 g/mol.